The fourth-order valence-corrected chi connectivity index (χ4v) is 1.80. The molecule has 0 bridgehead atoms. The van der Waals surface area contributed by atoms with E-state index in [4.69, 9.17) is 20.4 Å². The van der Waals surface area contributed by atoms with Gasteiger partial charge in [-0.05, 0) is 12.1 Å². The number of rotatable bonds is 2. The van der Waals surface area contributed by atoms with Gasteiger partial charge < -0.3 is 8.83 Å². The summed E-state index contributed by atoms with van der Waals surface area (Å²) in [5.41, 5.74) is -0.888. The third-order valence-electron chi connectivity index (χ3n) is 2.36. The largest absolute Gasteiger partial charge is 0.423 e. The van der Waals surface area contributed by atoms with Crippen molar-refractivity contribution >= 4 is 34.7 Å². The lowest BCUT2D eigenvalue weighted by Crippen LogP contribution is -2.05. The molecule has 2 heterocycles. The van der Waals surface area contributed by atoms with Crippen molar-refractivity contribution in [3.05, 3.63) is 29.1 Å². The van der Waals surface area contributed by atoms with E-state index in [0.717, 1.165) is 18.5 Å². The van der Waals surface area contributed by atoms with Crippen molar-refractivity contribution in [2.75, 3.05) is 5.32 Å². The first-order valence-corrected chi connectivity index (χ1v) is 5.52. The van der Waals surface area contributed by atoms with Crippen LogP contribution in [-0.2, 0) is 6.18 Å². The first kappa shape index (κ1) is 12.7. The highest BCUT2D eigenvalue weighted by molar-refractivity contribution is 6.32. The van der Waals surface area contributed by atoms with Gasteiger partial charge in [0.2, 0.25) is 6.39 Å². The van der Waals surface area contributed by atoms with Crippen molar-refractivity contribution in [3.8, 4) is 0 Å². The summed E-state index contributed by atoms with van der Waals surface area (Å²) in [6.45, 7) is 0. The van der Waals surface area contributed by atoms with Gasteiger partial charge in [-0.25, -0.2) is 0 Å². The monoisotopic (exact) mass is 304 g/mol. The number of aromatic nitrogens is 3. The van der Waals surface area contributed by atoms with Crippen LogP contribution in [0.2, 0.25) is 5.02 Å². The molecule has 0 fully saturated rings. The SMILES string of the molecule is FC(F)(F)c1cc2oc(Nc3nnco3)nc2cc1Cl. The van der Waals surface area contributed by atoms with Gasteiger partial charge in [0.1, 0.15) is 5.52 Å². The van der Waals surface area contributed by atoms with Gasteiger partial charge in [-0.15, -0.1) is 5.10 Å². The third kappa shape index (κ3) is 2.27. The number of fused-ring (bicyclic) bond motifs is 1. The van der Waals surface area contributed by atoms with Crippen LogP contribution in [0, 0.1) is 0 Å². The molecule has 0 spiro atoms. The quantitative estimate of drug-likeness (QED) is 0.779. The summed E-state index contributed by atoms with van der Waals surface area (Å²) in [6.07, 6.45) is -3.50. The Morgan fingerprint density at radius 2 is 2.00 bits per heavy atom. The van der Waals surface area contributed by atoms with E-state index >= 15 is 0 Å². The zero-order valence-electron chi connectivity index (χ0n) is 9.40. The molecule has 0 aliphatic rings. The molecule has 1 N–H and O–H groups in total. The van der Waals surface area contributed by atoms with Crippen LogP contribution < -0.4 is 5.32 Å². The van der Waals surface area contributed by atoms with Crippen LogP contribution in [0.25, 0.3) is 11.1 Å². The van der Waals surface area contributed by atoms with E-state index in [-0.39, 0.29) is 23.1 Å². The second kappa shape index (κ2) is 4.37. The average molecular weight is 305 g/mol. The Bertz CT molecular complexity index is 754. The van der Waals surface area contributed by atoms with Gasteiger partial charge in [-0.1, -0.05) is 16.7 Å². The summed E-state index contributed by atoms with van der Waals surface area (Å²) in [7, 11) is 0. The van der Waals surface area contributed by atoms with Crippen molar-refractivity contribution in [2.45, 2.75) is 6.18 Å². The Labute approximate surface area is 113 Å². The molecule has 0 saturated heterocycles. The average Bonchev–Trinajstić information content (AvgIpc) is 2.95. The second-order valence-corrected chi connectivity index (χ2v) is 4.09. The first-order chi connectivity index (χ1) is 9.43. The standard InChI is InChI=1S/C10H4ClF3N4O2/c11-5-2-6-7(1-4(5)10(12,13)14)20-8(16-6)17-9-18-15-3-19-9/h1-3H,(H,16,17,18). The van der Waals surface area contributed by atoms with Crippen LogP contribution in [0.4, 0.5) is 25.2 Å². The first-order valence-electron chi connectivity index (χ1n) is 5.14. The topological polar surface area (TPSA) is 77.0 Å². The predicted molar refractivity (Wildman–Crippen MR) is 61.6 cm³/mol. The van der Waals surface area contributed by atoms with Gasteiger partial charge in [0, 0.05) is 0 Å². The zero-order chi connectivity index (χ0) is 14.3. The molecule has 6 nitrogen and oxygen atoms in total. The molecule has 0 radical (unpaired) electrons. The maximum absolute atomic E-state index is 12.7. The summed E-state index contributed by atoms with van der Waals surface area (Å²) >= 11 is 5.58. The number of nitrogens with zero attached hydrogens (tertiary/aromatic N) is 3. The highest BCUT2D eigenvalue weighted by atomic mass is 35.5. The van der Waals surface area contributed by atoms with Crippen LogP contribution in [-0.4, -0.2) is 15.2 Å². The van der Waals surface area contributed by atoms with Crippen molar-refractivity contribution in [3.63, 3.8) is 0 Å². The van der Waals surface area contributed by atoms with Crippen LogP contribution >= 0.6 is 11.6 Å². The van der Waals surface area contributed by atoms with E-state index in [1.165, 1.54) is 0 Å². The molecule has 0 atom stereocenters. The summed E-state index contributed by atoms with van der Waals surface area (Å²) in [5, 5.41) is 8.99. The minimum atomic E-state index is -4.57. The summed E-state index contributed by atoms with van der Waals surface area (Å²) in [6, 6.07) is 1.77. The number of hydrogen-bond donors (Lipinski definition) is 1. The van der Waals surface area contributed by atoms with Gasteiger partial charge in [0.05, 0.1) is 10.6 Å². The Morgan fingerprint density at radius 1 is 1.20 bits per heavy atom. The number of halogens is 4. The maximum Gasteiger partial charge on any atom is 0.417 e. The number of alkyl halides is 3. The smallest absolute Gasteiger partial charge is 0.417 e. The predicted octanol–water partition coefficient (Wildman–Crippen LogP) is 3.63. The van der Waals surface area contributed by atoms with Crippen LogP contribution in [0.15, 0.2) is 27.4 Å². The zero-order valence-corrected chi connectivity index (χ0v) is 10.2. The van der Waals surface area contributed by atoms with Crippen LogP contribution in [0.5, 0.6) is 0 Å². The lowest BCUT2D eigenvalue weighted by Gasteiger charge is -2.07. The number of anilines is 2. The molecule has 1 aromatic carbocycles. The van der Waals surface area contributed by atoms with Gasteiger partial charge in [-0.2, -0.15) is 18.2 Å². The fraction of sp³-hybridized carbons (Fsp3) is 0.100. The Hall–Kier alpha value is -2.29. The Balaban J connectivity index is 2.03. The maximum atomic E-state index is 12.7. The molecule has 0 unspecified atom stereocenters. The number of benzene rings is 1. The molecule has 0 aliphatic heterocycles. The molecule has 10 heteroatoms. The molecule has 0 aliphatic carbocycles. The van der Waals surface area contributed by atoms with Gasteiger partial charge in [0.15, 0.2) is 5.58 Å². The number of hydrogen-bond acceptors (Lipinski definition) is 6. The number of nitrogens with one attached hydrogen (secondary N) is 1. The highest BCUT2D eigenvalue weighted by Crippen LogP contribution is 2.37. The van der Waals surface area contributed by atoms with Crippen molar-refractivity contribution in [2.24, 2.45) is 0 Å². The lowest BCUT2D eigenvalue weighted by atomic mass is 10.2. The van der Waals surface area contributed by atoms with E-state index in [1.54, 1.807) is 0 Å². The van der Waals surface area contributed by atoms with Gasteiger partial charge >= 0.3 is 18.2 Å². The molecule has 0 amide bonds. The van der Waals surface area contributed by atoms with E-state index in [1.807, 2.05) is 0 Å². The normalized spacial score (nSPS) is 12.0. The Kier molecular flexibility index (Phi) is 2.78. The minimum Gasteiger partial charge on any atom is -0.423 e. The van der Waals surface area contributed by atoms with Crippen LogP contribution in [0.1, 0.15) is 5.56 Å². The molecule has 20 heavy (non-hydrogen) atoms. The van der Waals surface area contributed by atoms with E-state index in [2.05, 4.69) is 20.5 Å². The number of oxazole rings is 1. The summed E-state index contributed by atoms with van der Waals surface area (Å²) < 4.78 is 48.0. The summed E-state index contributed by atoms with van der Waals surface area (Å²) in [5.74, 6) is 0. The highest BCUT2D eigenvalue weighted by Gasteiger charge is 2.34. The molecule has 0 saturated carbocycles. The van der Waals surface area contributed by atoms with Gasteiger partial charge in [0.25, 0.3) is 0 Å². The minimum absolute atomic E-state index is 0.00121. The van der Waals surface area contributed by atoms with Gasteiger partial charge in [-0.3, -0.25) is 5.32 Å². The molecular formula is C10H4ClF3N4O2. The van der Waals surface area contributed by atoms with Crippen molar-refractivity contribution < 1.29 is 22.0 Å². The van der Waals surface area contributed by atoms with Crippen molar-refractivity contribution in [1.82, 2.24) is 15.2 Å². The van der Waals surface area contributed by atoms with E-state index < -0.39 is 16.8 Å². The third-order valence-corrected chi connectivity index (χ3v) is 2.67. The molecule has 104 valence electrons. The van der Waals surface area contributed by atoms with E-state index in [9.17, 15) is 13.2 Å². The van der Waals surface area contributed by atoms with E-state index in [0.29, 0.717) is 0 Å². The summed E-state index contributed by atoms with van der Waals surface area (Å²) in [4.78, 5) is 3.91. The lowest BCUT2D eigenvalue weighted by molar-refractivity contribution is -0.137. The Morgan fingerprint density at radius 3 is 2.65 bits per heavy atom. The second-order valence-electron chi connectivity index (χ2n) is 3.69. The molecule has 3 rings (SSSR count). The molecular weight excluding hydrogens is 301 g/mol. The molecule has 3 aromatic rings. The molecule has 2 aromatic heterocycles. The fourth-order valence-electron chi connectivity index (χ4n) is 1.54. The van der Waals surface area contributed by atoms with Crippen LogP contribution in [0.3, 0.4) is 0 Å². The van der Waals surface area contributed by atoms with Crippen molar-refractivity contribution in [1.29, 1.82) is 0 Å².